The molecule has 8 heteroatoms. The van der Waals surface area contributed by atoms with Crippen molar-refractivity contribution in [2.24, 2.45) is 7.05 Å². The molecule has 0 unspecified atom stereocenters. The number of aromatic nitrogens is 4. The van der Waals surface area contributed by atoms with E-state index in [9.17, 15) is 14.4 Å². The van der Waals surface area contributed by atoms with Crippen molar-refractivity contribution in [3.05, 3.63) is 66.7 Å². The van der Waals surface area contributed by atoms with Crippen molar-refractivity contribution in [1.82, 2.24) is 19.5 Å². The molecule has 0 aliphatic heterocycles. The van der Waals surface area contributed by atoms with Gasteiger partial charge in [-0.25, -0.2) is 9.78 Å². The van der Waals surface area contributed by atoms with Gasteiger partial charge in [0.2, 0.25) is 0 Å². The fourth-order valence-electron chi connectivity index (χ4n) is 2.50. The van der Waals surface area contributed by atoms with Crippen LogP contribution in [-0.2, 0) is 7.05 Å². The molecule has 3 aromatic rings. The van der Waals surface area contributed by atoms with Gasteiger partial charge in [0.25, 0.3) is 11.1 Å². The summed E-state index contributed by atoms with van der Waals surface area (Å²) in [5, 5.41) is 0. The number of nitrogens with one attached hydrogen (secondary N) is 2. The number of nitrogens with zero attached hydrogens (tertiary/aromatic N) is 2. The summed E-state index contributed by atoms with van der Waals surface area (Å²) in [7, 11) is 1.44. The number of fused-ring (bicyclic) bond motifs is 1. The Balaban J connectivity index is 1.88. The van der Waals surface area contributed by atoms with Crippen LogP contribution in [0.2, 0.25) is 0 Å². The van der Waals surface area contributed by atoms with Gasteiger partial charge in [0.15, 0.2) is 5.52 Å². The Morgan fingerprint density at radius 1 is 1.07 bits per heavy atom. The van der Waals surface area contributed by atoms with Gasteiger partial charge in [-0.2, -0.15) is 0 Å². The molecular weight excluding hydrogens is 348 g/mol. The van der Waals surface area contributed by atoms with Crippen molar-refractivity contribution in [2.75, 3.05) is 6.61 Å². The average Bonchev–Trinajstić information content (AvgIpc) is 2.66. The fourth-order valence-corrected chi connectivity index (χ4v) is 2.50. The molecule has 0 saturated heterocycles. The summed E-state index contributed by atoms with van der Waals surface area (Å²) < 4.78 is 6.74. The van der Waals surface area contributed by atoms with Crippen LogP contribution in [0.15, 0.2) is 38.6 Å². The molecule has 140 valence electrons. The standard InChI is InChI=1S/C19H20N4O4/c1-3-4-11-27-13-8-5-12(6-9-13)7-10-14-17(24)21-16-15(20-14)18(25)22-19(26)23(16)2/h5-10H,3-4,11H2,1-2H3,(H,21,24)(H,22,25,26). The maximum atomic E-state index is 12.2. The summed E-state index contributed by atoms with van der Waals surface area (Å²) in [6, 6.07) is 7.44. The Morgan fingerprint density at radius 3 is 2.52 bits per heavy atom. The number of benzene rings is 1. The van der Waals surface area contributed by atoms with E-state index < -0.39 is 16.8 Å². The van der Waals surface area contributed by atoms with E-state index in [1.165, 1.54) is 13.1 Å². The lowest BCUT2D eigenvalue weighted by molar-refractivity contribution is 0.309. The number of hydrogen-bond acceptors (Lipinski definition) is 5. The third-order valence-electron chi connectivity index (χ3n) is 4.08. The van der Waals surface area contributed by atoms with Crippen LogP contribution in [0.1, 0.15) is 31.0 Å². The van der Waals surface area contributed by atoms with Crippen molar-refractivity contribution < 1.29 is 4.74 Å². The second kappa shape index (κ2) is 7.86. The molecule has 0 amide bonds. The highest BCUT2D eigenvalue weighted by Gasteiger charge is 2.09. The molecule has 0 bridgehead atoms. The smallest absolute Gasteiger partial charge is 0.329 e. The van der Waals surface area contributed by atoms with E-state index in [0.29, 0.717) is 6.61 Å². The van der Waals surface area contributed by atoms with Crippen molar-refractivity contribution in [3.63, 3.8) is 0 Å². The lowest BCUT2D eigenvalue weighted by Crippen LogP contribution is -2.31. The first kappa shape index (κ1) is 18.4. The Kier molecular flexibility index (Phi) is 5.35. The topological polar surface area (TPSA) is 110 Å². The van der Waals surface area contributed by atoms with Crippen molar-refractivity contribution in [3.8, 4) is 5.75 Å². The van der Waals surface area contributed by atoms with Crippen LogP contribution in [0.4, 0.5) is 0 Å². The molecule has 2 heterocycles. The molecule has 0 aliphatic rings. The van der Waals surface area contributed by atoms with Crippen LogP contribution in [0.3, 0.4) is 0 Å². The van der Waals surface area contributed by atoms with E-state index in [2.05, 4.69) is 21.9 Å². The maximum absolute atomic E-state index is 12.2. The zero-order valence-electron chi connectivity index (χ0n) is 15.1. The highest BCUT2D eigenvalue weighted by molar-refractivity contribution is 5.73. The highest BCUT2D eigenvalue weighted by Crippen LogP contribution is 2.14. The molecule has 2 aromatic heterocycles. The summed E-state index contributed by atoms with van der Waals surface area (Å²) >= 11 is 0. The summed E-state index contributed by atoms with van der Waals surface area (Å²) in [6.07, 6.45) is 5.32. The van der Waals surface area contributed by atoms with E-state index >= 15 is 0 Å². The Labute approximate surface area is 154 Å². The van der Waals surface area contributed by atoms with Crippen molar-refractivity contribution in [2.45, 2.75) is 19.8 Å². The van der Waals surface area contributed by atoms with E-state index in [1.807, 2.05) is 24.3 Å². The summed E-state index contributed by atoms with van der Waals surface area (Å²) in [5.74, 6) is 0.787. The predicted octanol–water partition coefficient (Wildman–Crippen LogP) is 1.66. The minimum atomic E-state index is -0.646. The van der Waals surface area contributed by atoms with Gasteiger partial charge in [0.05, 0.1) is 6.61 Å². The molecule has 2 N–H and O–H groups in total. The monoisotopic (exact) mass is 368 g/mol. The third kappa shape index (κ3) is 4.05. The maximum Gasteiger partial charge on any atom is 0.329 e. The first-order chi connectivity index (χ1) is 13.0. The Morgan fingerprint density at radius 2 is 1.81 bits per heavy atom. The fraction of sp³-hybridized carbons (Fsp3) is 0.263. The molecular formula is C19H20N4O4. The van der Waals surface area contributed by atoms with E-state index in [-0.39, 0.29) is 16.9 Å². The highest BCUT2D eigenvalue weighted by atomic mass is 16.5. The van der Waals surface area contributed by atoms with E-state index in [0.717, 1.165) is 28.7 Å². The minimum Gasteiger partial charge on any atom is -0.494 e. The quantitative estimate of drug-likeness (QED) is 0.643. The van der Waals surface area contributed by atoms with Crippen molar-refractivity contribution in [1.29, 1.82) is 0 Å². The van der Waals surface area contributed by atoms with Crippen LogP contribution in [-0.4, -0.2) is 26.1 Å². The second-order valence-corrected chi connectivity index (χ2v) is 6.07. The molecule has 0 spiro atoms. The van der Waals surface area contributed by atoms with Gasteiger partial charge < -0.3 is 9.72 Å². The van der Waals surface area contributed by atoms with E-state index in [1.54, 1.807) is 6.08 Å². The molecule has 3 rings (SSSR count). The molecule has 8 nitrogen and oxygen atoms in total. The lowest BCUT2D eigenvalue weighted by Gasteiger charge is -2.05. The van der Waals surface area contributed by atoms with Crippen LogP contribution in [0.5, 0.6) is 5.75 Å². The van der Waals surface area contributed by atoms with Gasteiger partial charge in [-0.15, -0.1) is 0 Å². The van der Waals surface area contributed by atoms with E-state index in [4.69, 9.17) is 4.74 Å². The van der Waals surface area contributed by atoms with Crippen LogP contribution < -0.4 is 21.5 Å². The molecule has 27 heavy (non-hydrogen) atoms. The number of ether oxygens (including phenoxy) is 1. The first-order valence-electron chi connectivity index (χ1n) is 8.64. The van der Waals surface area contributed by atoms with Gasteiger partial charge in [-0.1, -0.05) is 31.6 Å². The number of aromatic amines is 2. The zero-order chi connectivity index (χ0) is 19.4. The SMILES string of the molecule is CCCCOc1ccc(C=Cc2nc3c(=O)[nH]c(=O)n(C)c3[nH]c2=O)cc1. The lowest BCUT2D eigenvalue weighted by atomic mass is 10.2. The van der Waals surface area contributed by atoms with Gasteiger partial charge in [-0.05, 0) is 30.2 Å². The summed E-state index contributed by atoms with van der Waals surface area (Å²) in [6.45, 7) is 2.78. The summed E-state index contributed by atoms with van der Waals surface area (Å²) in [4.78, 5) is 44.6. The Hall–Kier alpha value is -3.42. The predicted molar refractivity (Wildman–Crippen MR) is 104 cm³/mol. The normalized spacial score (nSPS) is 11.3. The second-order valence-electron chi connectivity index (χ2n) is 6.07. The minimum absolute atomic E-state index is 0.00368. The number of rotatable bonds is 6. The van der Waals surface area contributed by atoms with Crippen LogP contribution >= 0.6 is 0 Å². The van der Waals surface area contributed by atoms with Gasteiger partial charge in [-0.3, -0.25) is 19.1 Å². The van der Waals surface area contributed by atoms with Crippen LogP contribution in [0, 0.1) is 0 Å². The molecule has 0 saturated carbocycles. The van der Waals surface area contributed by atoms with Gasteiger partial charge >= 0.3 is 5.69 Å². The number of hydrogen-bond donors (Lipinski definition) is 2. The number of H-pyrrole nitrogens is 2. The van der Waals surface area contributed by atoms with Gasteiger partial charge in [0.1, 0.15) is 17.1 Å². The zero-order valence-corrected chi connectivity index (χ0v) is 15.1. The van der Waals surface area contributed by atoms with Gasteiger partial charge in [0, 0.05) is 7.05 Å². The number of aryl methyl sites for hydroxylation is 1. The number of unbranched alkanes of at least 4 members (excludes halogenated alkanes) is 1. The first-order valence-corrected chi connectivity index (χ1v) is 8.64. The summed E-state index contributed by atoms with van der Waals surface area (Å²) in [5.41, 5.74) is -0.736. The molecule has 0 aliphatic carbocycles. The molecule has 0 radical (unpaired) electrons. The van der Waals surface area contributed by atoms with Crippen LogP contribution in [0.25, 0.3) is 23.3 Å². The molecule has 0 atom stereocenters. The largest absolute Gasteiger partial charge is 0.494 e. The molecule has 0 fully saturated rings. The van der Waals surface area contributed by atoms with Crippen molar-refractivity contribution >= 4 is 23.3 Å². The molecule has 1 aromatic carbocycles. The Bertz CT molecular complexity index is 1150. The third-order valence-corrected chi connectivity index (χ3v) is 4.08. The average molecular weight is 368 g/mol.